The molecule has 0 saturated heterocycles. The first-order valence-electron chi connectivity index (χ1n) is 8.66. The molecule has 25 heavy (non-hydrogen) atoms. The van der Waals surface area contributed by atoms with E-state index in [1.807, 2.05) is 18.2 Å². The summed E-state index contributed by atoms with van der Waals surface area (Å²) in [4.78, 5) is 12.2. The predicted molar refractivity (Wildman–Crippen MR) is 92.0 cm³/mol. The van der Waals surface area contributed by atoms with Crippen LogP contribution in [0.25, 0.3) is 0 Å². The summed E-state index contributed by atoms with van der Waals surface area (Å²) in [5.74, 6) is 0.641. The summed E-state index contributed by atoms with van der Waals surface area (Å²) in [6, 6.07) is 13.6. The van der Waals surface area contributed by atoms with Crippen molar-refractivity contribution in [3.8, 4) is 11.5 Å². The molecule has 2 aromatic rings. The van der Waals surface area contributed by atoms with Gasteiger partial charge in [0, 0.05) is 17.7 Å². The molecule has 0 aromatic heterocycles. The van der Waals surface area contributed by atoms with Gasteiger partial charge in [-0.3, -0.25) is 0 Å². The van der Waals surface area contributed by atoms with Gasteiger partial charge in [0.2, 0.25) is 5.72 Å². The van der Waals surface area contributed by atoms with E-state index >= 15 is 0 Å². The molecule has 5 rings (SSSR count). The van der Waals surface area contributed by atoms with Crippen molar-refractivity contribution >= 4 is 11.7 Å². The second kappa shape index (κ2) is 4.91. The minimum atomic E-state index is -0.688. The zero-order valence-electron chi connectivity index (χ0n) is 14.0. The lowest BCUT2D eigenvalue weighted by Crippen LogP contribution is -2.63. The van der Waals surface area contributed by atoms with Crippen molar-refractivity contribution in [2.24, 2.45) is 0 Å². The molecular formula is C20H19NO4. The Labute approximate surface area is 145 Å². The molecule has 5 heteroatoms. The number of anilines is 1. The maximum atomic E-state index is 12.2. The second-order valence-electron chi connectivity index (χ2n) is 6.86. The molecule has 5 nitrogen and oxygen atoms in total. The van der Waals surface area contributed by atoms with Crippen molar-refractivity contribution in [2.75, 3.05) is 12.4 Å². The molecule has 1 fully saturated rings. The summed E-state index contributed by atoms with van der Waals surface area (Å²) >= 11 is 0. The predicted octanol–water partition coefficient (Wildman–Crippen LogP) is 3.84. The summed E-state index contributed by atoms with van der Waals surface area (Å²) < 4.78 is 18.1. The number of fused-ring (bicyclic) bond motifs is 2. The first kappa shape index (κ1) is 14.6. The molecule has 2 aromatic carbocycles. The zero-order chi connectivity index (χ0) is 17.1. The Morgan fingerprint density at radius 3 is 2.80 bits per heavy atom. The fourth-order valence-electron chi connectivity index (χ4n) is 4.51. The van der Waals surface area contributed by atoms with Gasteiger partial charge in [-0.1, -0.05) is 24.3 Å². The van der Waals surface area contributed by atoms with Crippen LogP contribution in [0.3, 0.4) is 0 Å². The number of esters is 1. The summed E-state index contributed by atoms with van der Waals surface area (Å²) in [5.41, 5.74) is 1.31. The molecule has 2 atom stereocenters. The van der Waals surface area contributed by atoms with Crippen LogP contribution in [0.4, 0.5) is 5.69 Å². The summed E-state index contributed by atoms with van der Waals surface area (Å²) in [6.07, 6.45) is 3.81. The van der Waals surface area contributed by atoms with Gasteiger partial charge < -0.3 is 19.5 Å². The summed E-state index contributed by atoms with van der Waals surface area (Å²) in [7, 11) is 1.37. The van der Waals surface area contributed by atoms with Crippen LogP contribution in [0, 0.1) is 0 Å². The highest BCUT2D eigenvalue weighted by Crippen LogP contribution is 2.60. The molecule has 0 radical (unpaired) electrons. The van der Waals surface area contributed by atoms with Crippen molar-refractivity contribution in [3.05, 3.63) is 53.6 Å². The maximum Gasteiger partial charge on any atom is 0.341 e. The highest BCUT2D eigenvalue weighted by Gasteiger charge is 2.65. The quantitative estimate of drug-likeness (QED) is 0.802. The SMILES string of the molecule is COC(=O)c1cccc2c1O[C@]13CCCC[C@@]1(O2)c1ccccc1N3. The summed E-state index contributed by atoms with van der Waals surface area (Å²) in [6.45, 7) is 0. The van der Waals surface area contributed by atoms with Gasteiger partial charge in [-0.15, -0.1) is 0 Å². The van der Waals surface area contributed by atoms with Crippen molar-refractivity contribution < 1.29 is 19.0 Å². The van der Waals surface area contributed by atoms with Gasteiger partial charge in [0.05, 0.1) is 7.11 Å². The molecule has 1 aliphatic carbocycles. The standard InChI is InChI=1S/C20H19NO4/c1-23-18(22)13-7-6-10-16-17(13)25-20-12-5-4-11-19(20,24-16)14-8-2-3-9-15(14)21-20/h2-3,6-10,21H,4-5,11-12H2,1H3/t19-,20-/m1/s1. The van der Waals surface area contributed by atoms with E-state index in [2.05, 4.69) is 17.4 Å². The van der Waals surface area contributed by atoms with Crippen LogP contribution in [0.15, 0.2) is 42.5 Å². The lowest BCUT2D eigenvalue weighted by molar-refractivity contribution is -0.147. The fraction of sp³-hybridized carbons (Fsp3) is 0.350. The minimum absolute atomic E-state index is 0.395. The van der Waals surface area contributed by atoms with Crippen LogP contribution in [0.5, 0.6) is 11.5 Å². The number of carbonyl (C=O) groups is 1. The smallest absolute Gasteiger partial charge is 0.341 e. The molecule has 3 aliphatic rings. The molecule has 1 N–H and O–H groups in total. The highest BCUT2D eigenvalue weighted by molar-refractivity contribution is 5.93. The molecule has 0 unspecified atom stereocenters. The first-order valence-corrected chi connectivity index (χ1v) is 8.66. The number of carbonyl (C=O) groups excluding carboxylic acids is 1. The zero-order valence-corrected chi connectivity index (χ0v) is 14.0. The first-order chi connectivity index (χ1) is 12.2. The van der Waals surface area contributed by atoms with Crippen LogP contribution >= 0.6 is 0 Å². The number of hydrogen-bond donors (Lipinski definition) is 1. The van der Waals surface area contributed by atoms with E-state index in [0.717, 1.165) is 36.9 Å². The number of hydrogen-bond acceptors (Lipinski definition) is 5. The average Bonchev–Trinajstić information content (AvgIpc) is 2.95. The molecule has 0 bridgehead atoms. The number of ether oxygens (including phenoxy) is 3. The minimum Gasteiger partial charge on any atom is -0.472 e. The number of rotatable bonds is 1. The molecule has 0 spiro atoms. The van der Waals surface area contributed by atoms with Gasteiger partial charge in [-0.2, -0.15) is 0 Å². The number of methoxy groups -OCH3 is 1. The topological polar surface area (TPSA) is 56.8 Å². The highest BCUT2D eigenvalue weighted by atomic mass is 16.6. The van der Waals surface area contributed by atoms with E-state index in [9.17, 15) is 4.79 Å². The van der Waals surface area contributed by atoms with E-state index in [-0.39, 0.29) is 0 Å². The van der Waals surface area contributed by atoms with Gasteiger partial charge in [0.15, 0.2) is 17.1 Å². The van der Waals surface area contributed by atoms with Crippen molar-refractivity contribution in [1.29, 1.82) is 0 Å². The second-order valence-corrected chi connectivity index (χ2v) is 6.86. The Bertz CT molecular complexity index is 880. The lowest BCUT2D eigenvalue weighted by Gasteiger charge is -2.51. The van der Waals surface area contributed by atoms with Crippen molar-refractivity contribution in [2.45, 2.75) is 37.0 Å². The van der Waals surface area contributed by atoms with Crippen LogP contribution in [0.2, 0.25) is 0 Å². The van der Waals surface area contributed by atoms with Crippen molar-refractivity contribution in [1.82, 2.24) is 0 Å². The Morgan fingerprint density at radius 1 is 1.08 bits per heavy atom. The van der Waals surface area contributed by atoms with Crippen LogP contribution in [-0.2, 0) is 10.3 Å². The molecule has 2 aliphatic heterocycles. The van der Waals surface area contributed by atoms with E-state index in [4.69, 9.17) is 14.2 Å². The fourth-order valence-corrected chi connectivity index (χ4v) is 4.51. The largest absolute Gasteiger partial charge is 0.472 e. The molecule has 1 saturated carbocycles. The third-order valence-corrected chi connectivity index (χ3v) is 5.60. The Morgan fingerprint density at radius 2 is 1.92 bits per heavy atom. The van der Waals surface area contributed by atoms with Gasteiger partial charge >= 0.3 is 5.97 Å². The average molecular weight is 337 g/mol. The third-order valence-electron chi connectivity index (χ3n) is 5.60. The Kier molecular flexibility index (Phi) is 2.87. The van der Waals surface area contributed by atoms with Gasteiger partial charge in [-0.05, 0) is 37.5 Å². The Balaban J connectivity index is 1.72. The maximum absolute atomic E-state index is 12.2. The van der Waals surface area contributed by atoms with Crippen LogP contribution in [-0.4, -0.2) is 18.8 Å². The van der Waals surface area contributed by atoms with Gasteiger partial charge in [0.25, 0.3) is 0 Å². The molecule has 128 valence electrons. The third kappa shape index (κ3) is 1.75. The van der Waals surface area contributed by atoms with E-state index in [0.29, 0.717) is 17.1 Å². The lowest BCUT2D eigenvalue weighted by atomic mass is 9.74. The number of benzene rings is 2. The number of nitrogens with one attached hydrogen (secondary N) is 1. The normalized spacial score (nSPS) is 28.2. The van der Waals surface area contributed by atoms with Gasteiger partial charge in [0.1, 0.15) is 5.56 Å². The molecule has 0 amide bonds. The van der Waals surface area contributed by atoms with Crippen LogP contribution in [0.1, 0.15) is 41.6 Å². The molecule has 2 heterocycles. The van der Waals surface area contributed by atoms with E-state index in [1.165, 1.54) is 7.11 Å². The van der Waals surface area contributed by atoms with Crippen LogP contribution < -0.4 is 14.8 Å². The monoisotopic (exact) mass is 337 g/mol. The molecular weight excluding hydrogens is 318 g/mol. The number of para-hydroxylation sites is 2. The van der Waals surface area contributed by atoms with Gasteiger partial charge in [-0.25, -0.2) is 4.79 Å². The van der Waals surface area contributed by atoms with E-state index in [1.54, 1.807) is 12.1 Å². The van der Waals surface area contributed by atoms with E-state index < -0.39 is 17.3 Å². The Hall–Kier alpha value is -2.69. The summed E-state index contributed by atoms with van der Waals surface area (Å²) in [5, 5.41) is 3.57. The van der Waals surface area contributed by atoms with Crippen molar-refractivity contribution in [3.63, 3.8) is 0 Å².